The predicted octanol–water partition coefficient (Wildman–Crippen LogP) is 2.36. The van der Waals surface area contributed by atoms with Crippen molar-refractivity contribution in [3.8, 4) is 0 Å². The summed E-state index contributed by atoms with van der Waals surface area (Å²) in [7, 11) is 0. The summed E-state index contributed by atoms with van der Waals surface area (Å²) < 4.78 is 0.750. The molecule has 0 heterocycles. The average molecular weight is 467 g/mol. The summed E-state index contributed by atoms with van der Waals surface area (Å²) >= 11 is 9.41. The number of amides is 3. The molecular formula is C20H21BrClN3O3. The molecule has 0 aliphatic carbocycles. The van der Waals surface area contributed by atoms with Gasteiger partial charge in [0.1, 0.15) is 12.1 Å². The first-order valence-corrected chi connectivity index (χ1v) is 9.78. The van der Waals surface area contributed by atoms with E-state index in [0.29, 0.717) is 11.4 Å². The van der Waals surface area contributed by atoms with E-state index in [4.69, 9.17) is 17.3 Å². The maximum absolute atomic E-state index is 12.8. The number of rotatable bonds is 8. The Bertz CT molecular complexity index is 861. The van der Waals surface area contributed by atoms with E-state index in [9.17, 15) is 14.4 Å². The van der Waals surface area contributed by atoms with Crippen LogP contribution in [0.3, 0.4) is 0 Å². The second-order valence-electron chi connectivity index (χ2n) is 6.35. The third-order valence-corrected chi connectivity index (χ3v) is 5.08. The van der Waals surface area contributed by atoms with Crippen molar-refractivity contribution in [1.82, 2.24) is 10.6 Å². The van der Waals surface area contributed by atoms with Crippen LogP contribution in [0.15, 0.2) is 53.0 Å². The van der Waals surface area contributed by atoms with Crippen LogP contribution in [0.1, 0.15) is 18.1 Å². The molecule has 2 aromatic carbocycles. The SMILES string of the molecule is CC(=O)N[C@@H](Cc1ccccc1)C(=O)N[C@@H](Cc1cc(Cl)ccc1Br)C(N)=O. The van der Waals surface area contributed by atoms with E-state index in [1.807, 2.05) is 30.3 Å². The number of halogens is 2. The largest absolute Gasteiger partial charge is 0.368 e. The van der Waals surface area contributed by atoms with Gasteiger partial charge in [-0.05, 0) is 29.3 Å². The Hall–Kier alpha value is -2.38. The van der Waals surface area contributed by atoms with Crippen molar-refractivity contribution in [2.24, 2.45) is 5.73 Å². The molecule has 6 nitrogen and oxygen atoms in total. The highest BCUT2D eigenvalue weighted by molar-refractivity contribution is 9.10. The van der Waals surface area contributed by atoms with Gasteiger partial charge in [0.05, 0.1) is 0 Å². The van der Waals surface area contributed by atoms with Crippen LogP contribution >= 0.6 is 27.5 Å². The second kappa shape index (κ2) is 10.2. The summed E-state index contributed by atoms with van der Waals surface area (Å²) in [5.74, 6) is -1.51. The second-order valence-corrected chi connectivity index (χ2v) is 7.64. The number of nitrogens with one attached hydrogen (secondary N) is 2. The Balaban J connectivity index is 2.16. The summed E-state index contributed by atoms with van der Waals surface area (Å²) in [5, 5.41) is 5.78. The third-order valence-electron chi connectivity index (χ3n) is 4.07. The van der Waals surface area contributed by atoms with E-state index in [2.05, 4.69) is 26.6 Å². The quantitative estimate of drug-likeness (QED) is 0.556. The van der Waals surface area contributed by atoms with Crippen molar-refractivity contribution < 1.29 is 14.4 Å². The molecule has 8 heteroatoms. The van der Waals surface area contributed by atoms with Gasteiger partial charge in [-0.2, -0.15) is 0 Å². The fourth-order valence-corrected chi connectivity index (χ4v) is 3.32. The van der Waals surface area contributed by atoms with Crippen LogP contribution in [0.5, 0.6) is 0 Å². The van der Waals surface area contributed by atoms with Gasteiger partial charge >= 0.3 is 0 Å². The molecule has 0 aliphatic heterocycles. The van der Waals surface area contributed by atoms with E-state index in [1.165, 1.54) is 6.92 Å². The van der Waals surface area contributed by atoms with Gasteiger partial charge in [-0.25, -0.2) is 0 Å². The van der Waals surface area contributed by atoms with Gasteiger partial charge in [0.25, 0.3) is 0 Å². The van der Waals surface area contributed by atoms with Crippen LogP contribution in [-0.2, 0) is 27.2 Å². The normalized spacial score (nSPS) is 12.7. The van der Waals surface area contributed by atoms with E-state index in [0.717, 1.165) is 15.6 Å². The Morgan fingerprint density at radius 2 is 1.71 bits per heavy atom. The molecule has 0 saturated heterocycles. The Kier molecular flexibility index (Phi) is 8.02. The molecule has 0 spiro atoms. The Labute approximate surface area is 177 Å². The molecule has 2 atom stereocenters. The molecule has 2 aromatic rings. The predicted molar refractivity (Wildman–Crippen MR) is 112 cm³/mol. The minimum atomic E-state index is -0.950. The summed E-state index contributed by atoms with van der Waals surface area (Å²) in [4.78, 5) is 36.2. The number of hydrogen-bond acceptors (Lipinski definition) is 3. The van der Waals surface area contributed by atoms with E-state index < -0.39 is 23.9 Å². The average Bonchev–Trinajstić information content (AvgIpc) is 2.63. The monoisotopic (exact) mass is 465 g/mol. The third kappa shape index (κ3) is 6.65. The molecule has 148 valence electrons. The number of benzene rings is 2. The van der Waals surface area contributed by atoms with Gasteiger partial charge in [0.2, 0.25) is 17.7 Å². The number of primary amides is 1. The summed E-state index contributed by atoms with van der Waals surface area (Å²) in [5.41, 5.74) is 7.10. The van der Waals surface area contributed by atoms with Gasteiger partial charge < -0.3 is 16.4 Å². The van der Waals surface area contributed by atoms with Crippen LogP contribution in [0.2, 0.25) is 5.02 Å². The molecule has 3 amide bonds. The maximum atomic E-state index is 12.8. The highest BCUT2D eigenvalue weighted by Gasteiger charge is 2.26. The first kappa shape index (κ1) is 21.9. The van der Waals surface area contributed by atoms with Gasteiger partial charge in [0, 0.05) is 29.3 Å². The molecule has 0 unspecified atom stereocenters. The lowest BCUT2D eigenvalue weighted by atomic mass is 10.0. The molecule has 0 aromatic heterocycles. The molecule has 0 bridgehead atoms. The molecule has 0 aliphatic rings. The lowest BCUT2D eigenvalue weighted by molar-refractivity contribution is -0.130. The minimum Gasteiger partial charge on any atom is -0.368 e. The first-order chi connectivity index (χ1) is 13.3. The fourth-order valence-electron chi connectivity index (χ4n) is 2.72. The van der Waals surface area contributed by atoms with Crippen LogP contribution in [-0.4, -0.2) is 29.8 Å². The Morgan fingerprint density at radius 1 is 1.04 bits per heavy atom. The fraction of sp³-hybridized carbons (Fsp3) is 0.250. The van der Waals surface area contributed by atoms with Crippen molar-refractivity contribution >= 4 is 45.3 Å². The summed E-state index contributed by atoms with van der Waals surface area (Å²) in [6, 6.07) is 12.7. The zero-order chi connectivity index (χ0) is 20.7. The van der Waals surface area contributed by atoms with Gasteiger partial charge in [-0.3, -0.25) is 14.4 Å². The molecule has 0 radical (unpaired) electrons. The highest BCUT2D eigenvalue weighted by Crippen LogP contribution is 2.22. The maximum Gasteiger partial charge on any atom is 0.243 e. The van der Waals surface area contributed by atoms with E-state index in [-0.39, 0.29) is 12.3 Å². The topological polar surface area (TPSA) is 101 Å². The molecule has 28 heavy (non-hydrogen) atoms. The van der Waals surface area contributed by atoms with E-state index in [1.54, 1.807) is 18.2 Å². The molecule has 0 fully saturated rings. The number of carbonyl (C=O) groups is 3. The standard InChI is InChI=1S/C20H21BrClN3O3/c1-12(26)24-18(9-13-5-3-2-4-6-13)20(28)25-17(19(23)27)11-14-10-15(22)7-8-16(14)21/h2-8,10,17-18H,9,11H2,1H3,(H2,23,27)(H,24,26)(H,25,28)/t17-,18-/m0/s1. The molecule has 2 rings (SSSR count). The van der Waals surface area contributed by atoms with Crippen LogP contribution in [0, 0.1) is 0 Å². The lowest BCUT2D eigenvalue weighted by Crippen LogP contribution is -2.54. The van der Waals surface area contributed by atoms with Crippen molar-refractivity contribution in [3.05, 3.63) is 69.2 Å². The molecular weight excluding hydrogens is 446 g/mol. The van der Waals surface area contributed by atoms with E-state index >= 15 is 0 Å². The number of nitrogens with two attached hydrogens (primary N) is 1. The van der Waals surface area contributed by atoms with Crippen LogP contribution in [0.25, 0.3) is 0 Å². The van der Waals surface area contributed by atoms with Crippen LogP contribution in [0.4, 0.5) is 0 Å². The zero-order valence-electron chi connectivity index (χ0n) is 15.2. The van der Waals surface area contributed by atoms with Crippen molar-refractivity contribution in [2.75, 3.05) is 0 Å². The van der Waals surface area contributed by atoms with Gasteiger partial charge in [-0.15, -0.1) is 0 Å². The van der Waals surface area contributed by atoms with Gasteiger partial charge in [0.15, 0.2) is 0 Å². The lowest BCUT2D eigenvalue weighted by Gasteiger charge is -2.22. The van der Waals surface area contributed by atoms with Crippen molar-refractivity contribution in [1.29, 1.82) is 0 Å². The zero-order valence-corrected chi connectivity index (χ0v) is 17.6. The van der Waals surface area contributed by atoms with Crippen molar-refractivity contribution in [2.45, 2.75) is 31.8 Å². The van der Waals surface area contributed by atoms with Crippen molar-refractivity contribution in [3.63, 3.8) is 0 Å². The first-order valence-electron chi connectivity index (χ1n) is 8.61. The summed E-state index contributed by atoms with van der Waals surface area (Å²) in [6.07, 6.45) is 0.457. The molecule has 4 N–H and O–H groups in total. The number of carbonyl (C=O) groups excluding carboxylic acids is 3. The number of hydrogen-bond donors (Lipinski definition) is 3. The Morgan fingerprint density at radius 3 is 2.32 bits per heavy atom. The molecule has 0 saturated carbocycles. The van der Waals surface area contributed by atoms with Crippen LogP contribution < -0.4 is 16.4 Å². The minimum absolute atomic E-state index is 0.167. The smallest absolute Gasteiger partial charge is 0.243 e. The summed E-state index contributed by atoms with van der Waals surface area (Å²) in [6.45, 7) is 1.33. The highest BCUT2D eigenvalue weighted by atomic mass is 79.9. The van der Waals surface area contributed by atoms with Gasteiger partial charge in [-0.1, -0.05) is 57.9 Å².